The van der Waals surface area contributed by atoms with E-state index in [1.807, 2.05) is 44.2 Å². The van der Waals surface area contributed by atoms with Crippen molar-refractivity contribution in [1.29, 1.82) is 0 Å². The Morgan fingerprint density at radius 2 is 0.503 bits per heavy atom. The first-order valence-corrected chi connectivity index (χ1v) is 52.0. The predicted molar refractivity (Wildman–Crippen MR) is 551 cm³/mol. The highest BCUT2D eigenvalue weighted by Gasteiger charge is 2.45. The highest BCUT2D eigenvalue weighted by Crippen LogP contribution is 2.25. The molecule has 2 saturated heterocycles. The quantitative estimate of drug-likeness (QED) is 0.0392. The first kappa shape index (κ1) is 126. The van der Waals surface area contributed by atoms with Gasteiger partial charge >= 0.3 is 5.97 Å². The van der Waals surface area contributed by atoms with Gasteiger partial charge in [0.2, 0.25) is 100 Å². The molecule has 2 fully saturated rings. The summed E-state index contributed by atoms with van der Waals surface area (Å²) < 4.78 is 0. The molecule has 2 heterocycles. The molecule has 17 amide bonds. The molecule has 0 aliphatic carbocycles. The summed E-state index contributed by atoms with van der Waals surface area (Å²) in [6.07, 6.45) is 2.86. The minimum absolute atomic E-state index is 0.00727. The van der Waals surface area contributed by atoms with Gasteiger partial charge in [-0.15, -0.1) is 0 Å². The molecule has 43 nitrogen and oxygen atoms in total. The summed E-state index contributed by atoms with van der Waals surface area (Å²) in [5.41, 5.74) is 43.5. The van der Waals surface area contributed by atoms with E-state index >= 15 is 9.59 Å². The summed E-state index contributed by atoms with van der Waals surface area (Å²) in [6.45, 7) is 28.6. The molecule has 0 radical (unpaired) electrons. The average molecular weight is 2040 g/mol. The number of carbonyl (C=O) groups excluding carboxylic acids is 17. The monoisotopic (exact) mass is 2040 g/mol. The number of hydrogen-bond donors (Lipinski definition) is 23. The number of benzene rings is 2. The molecule has 2 aliphatic heterocycles. The number of nitrogens with one attached hydrogen (secondary N) is 15. The highest BCUT2D eigenvalue weighted by molar-refractivity contribution is 6.02. The van der Waals surface area contributed by atoms with Crippen LogP contribution in [0.25, 0.3) is 0 Å². The Morgan fingerprint density at radius 1 is 0.283 bits per heavy atom. The van der Waals surface area contributed by atoms with E-state index in [1.54, 1.807) is 127 Å². The summed E-state index contributed by atoms with van der Waals surface area (Å²) in [5, 5.41) is 51.3. The molecule has 2 aromatic carbocycles. The molecular formula is C102H174N24O19. The second kappa shape index (κ2) is 65.3. The van der Waals surface area contributed by atoms with Crippen LogP contribution in [0.5, 0.6) is 0 Å². The molecule has 43 heteroatoms. The van der Waals surface area contributed by atoms with Crippen molar-refractivity contribution in [2.45, 2.75) is 361 Å². The Hall–Kier alpha value is -11.4. The Morgan fingerprint density at radius 3 is 0.766 bits per heavy atom. The number of carboxylic acids is 1. The highest BCUT2D eigenvalue weighted by atomic mass is 16.4. The summed E-state index contributed by atoms with van der Waals surface area (Å²) in [5.74, 6) is -17.2. The van der Waals surface area contributed by atoms with Crippen LogP contribution in [0, 0.1) is 47.3 Å². The zero-order valence-electron chi connectivity index (χ0n) is 88.2. The lowest BCUT2D eigenvalue weighted by atomic mass is 9.99. The number of aliphatic carboxylic acids is 1. The van der Waals surface area contributed by atoms with Crippen LogP contribution in [0.1, 0.15) is 250 Å². The van der Waals surface area contributed by atoms with Crippen molar-refractivity contribution in [3.05, 3.63) is 71.8 Å². The number of rotatable bonds is 67. The SMILES string of the molecule is CC(C)C[C@H](NC(=O)[C@H](CCCN)NC(=O)[C@@H](NC(=O)[C@H](CCCN)NC(=O)[C@H](CC(C)C)NC(=O)[C@H](CCCN)NC(=O)[C@@H](NC(=O)[C@@H]1CCCN1C(=O)[C@@H](Cc1ccccc1)NC(=O)[C@H](CC(C)C)NC(=O)[C@H](CCCN)NC(=O)[C@@H](NC(=O)[C@H](CCCN)NC(=O)[C@H](CC(C)C)NC(=O)[C@H](CCCN)NC(=O)[C@@H](NC(=O)[C@@H]1CCCN1C(=O)[C@H](N)Cc1ccccc1)C(C)C)C(C)C)C(C)C)C(C)C)C(=O)O. The summed E-state index contributed by atoms with van der Waals surface area (Å²) in [4.78, 5) is 262. The Bertz CT molecular complexity index is 4470. The van der Waals surface area contributed by atoms with Gasteiger partial charge < -0.3 is 135 Å². The van der Waals surface area contributed by atoms with Crippen molar-refractivity contribution >= 4 is 106 Å². The minimum Gasteiger partial charge on any atom is -0.480 e. The van der Waals surface area contributed by atoms with E-state index in [1.165, 1.54) is 9.80 Å². The van der Waals surface area contributed by atoms with Crippen LogP contribution >= 0.6 is 0 Å². The second-order valence-electron chi connectivity index (χ2n) is 41.4. The zero-order chi connectivity index (χ0) is 109. The van der Waals surface area contributed by atoms with Crippen LogP contribution in [0.3, 0.4) is 0 Å². The third-order valence-electron chi connectivity index (χ3n) is 25.5. The molecule has 0 bridgehead atoms. The molecule has 0 spiro atoms. The molecule has 30 N–H and O–H groups in total. The van der Waals surface area contributed by atoms with Crippen molar-refractivity contribution in [3.63, 3.8) is 0 Å². The lowest BCUT2D eigenvalue weighted by Gasteiger charge is -2.32. The number of carboxylic acid groups (broad SMARTS) is 1. The number of nitrogens with zero attached hydrogens (tertiary/aromatic N) is 2. The van der Waals surface area contributed by atoms with Gasteiger partial charge in [-0.05, 0) is 233 Å². The Labute approximate surface area is 855 Å². The topological polar surface area (TPSA) is 697 Å². The largest absolute Gasteiger partial charge is 0.480 e. The maximum absolute atomic E-state index is 15.4. The molecule has 816 valence electrons. The zero-order valence-corrected chi connectivity index (χ0v) is 88.2. The van der Waals surface area contributed by atoms with E-state index in [0.717, 1.165) is 5.56 Å². The summed E-state index contributed by atoms with van der Waals surface area (Å²) >= 11 is 0. The van der Waals surface area contributed by atoms with Crippen molar-refractivity contribution < 1.29 is 91.4 Å². The molecule has 2 aromatic rings. The van der Waals surface area contributed by atoms with E-state index in [4.69, 9.17) is 40.1 Å². The fourth-order valence-electron chi connectivity index (χ4n) is 17.5. The van der Waals surface area contributed by atoms with Gasteiger partial charge in [0.15, 0.2) is 0 Å². The Balaban J connectivity index is 1.55. The first-order valence-electron chi connectivity index (χ1n) is 52.0. The number of amides is 17. The average Bonchev–Trinajstić information content (AvgIpc) is 1.67. The molecular weight excluding hydrogens is 1870 g/mol. The Kier molecular flexibility index (Phi) is 56.7. The van der Waals surface area contributed by atoms with Crippen LogP contribution in [-0.2, 0) is 99.1 Å². The molecule has 0 aromatic heterocycles. The van der Waals surface area contributed by atoms with E-state index in [2.05, 4.69) is 79.8 Å². The van der Waals surface area contributed by atoms with Gasteiger partial charge in [0, 0.05) is 19.5 Å². The standard InChI is InChI=1S/C102H174N24O19/c1-57(2)51-74(116-85(127)69(36-24-44-104)113-98(140)83(63(13)14)123-94(136)79-41-29-49-125(79)100(142)67(109)55-65-31-19-17-20-32-65)91(133)110-72(39-27-47-107)89(131)121-81(61(9)10)96(138)112-68(35-23-43-103)87(129)118-76(53-59(5)6)93(135)119-77(56-66-33-21-18-22-34-66)101(143)126-50-30-42-80(126)95(137)124-84(64(15)16)99(141)114-70(37-25-45-105)86(128)117-75(52-58(3)4)92(134)111-73(40-28-48-108)90(132)122-82(62(11)12)97(139)115-71(38-26-46-106)88(130)120-78(102(144)145)54-60(7)8/h17-22,31-34,57-64,67-84H,23-30,35-56,103-109H2,1-16H3,(H,110,133)(H,111,134)(H,112,138)(H,113,140)(H,114,141)(H,115,139)(H,116,127)(H,117,128)(H,118,129)(H,119,135)(H,120,130)(H,121,131)(H,122,132)(H,123,136)(H,124,137)(H,144,145)/t67-,68+,69+,70+,71+,72+,73+,74+,75+,76+,77-,78+,79+,80+,81+,82+,83+,84+/m1/s1. The van der Waals surface area contributed by atoms with Crippen molar-refractivity contribution in [2.75, 3.05) is 52.4 Å². The molecule has 0 unspecified atom stereocenters. The van der Waals surface area contributed by atoms with Crippen LogP contribution in [-0.4, -0.2) is 282 Å². The minimum atomic E-state index is -1.38. The fraction of sp³-hybridized carbons (Fsp3) is 0.706. The van der Waals surface area contributed by atoms with Crippen LogP contribution in [0.2, 0.25) is 0 Å². The van der Waals surface area contributed by atoms with Gasteiger partial charge in [0.05, 0.1) is 6.04 Å². The van der Waals surface area contributed by atoms with Crippen molar-refractivity contribution in [3.8, 4) is 0 Å². The summed E-state index contributed by atoms with van der Waals surface area (Å²) in [6, 6.07) is -4.79. The molecule has 2 aliphatic rings. The van der Waals surface area contributed by atoms with Gasteiger partial charge in [0.25, 0.3) is 0 Å². The third kappa shape index (κ3) is 43.3. The van der Waals surface area contributed by atoms with Gasteiger partial charge in [-0.1, -0.05) is 171 Å². The third-order valence-corrected chi connectivity index (χ3v) is 25.5. The molecule has 18 atom stereocenters. The number of hydrogen-bond acceptors (Lipinski definition) is 25. The number of carbonyl (C=O) groups is 18. The van der Waals surface area contributed by atoms with E-state index in [0.29, 0.717) is 24.8 Å². The maximum Gasteiger partial charge on any atom is 0.326 e. The van der Waals surface area contributed by atoms with E-state index < -0.39 is 239 Å². The van der Waals surface area contributed by atoms with Crippen LogP contribution in [0.15, 0.2) is 60.7 Å². The molecule has 4 rings (SSSR count). The molecule has 0 saturated carbocycles. The lowest BCUT2D eigenvalue weighted by Crippen LogP contribution is -2.62. The number of nitrogens with two attached hydrogens (primary N) is 7. The first-order chi connectivity index (χ1) is 68.6. The van der Waals surface area contributed by atoms with Gasteiger partial charge in [-0.2, -0.15) is 0 Å². The maximum atomic E-state index is 15.4. The van der Waals surface area contributed by atoms with Crippen LogP contribution < -0.4 is 120 Å². The van der Waals surface area contributed by atoms with Crippen molar-refractivity contribution in [2.24, 2.45) is 87.5 Å². The molecule has 145 heavy (non-hydrogen) atoms. The summed E-state index contributed by atoms with van der Waals surface area (Å²) in [7, 11) is 0. The van der Waals surface area contributed by atoms with E-state index in [-0.39, 0.29) is 198 Å². The predicted octanol–water partition coefficient (Wildman–Crippen LogP) is -0.620. The normalized spacial score (nSPS) is 17.0. The van der Waals surface area contributed by atoms with Gasteiger partial charge in [0.1, 0.15) is 103 Å². The smallest absolute Gasteiger partial charge is 0.326 e. The lowest BCUT2D eigenvalue weighted by molar-refractivity contribution is -0.143. The number of likely N-dealkylation sites (tertiary alicyclic amines) is 2. The van der Waals surface area contributed by atoms with Gasteiger partial charge in [-0.3, -0.25) is 81.5 Å². The fourth-order valence-corrected chi connectivity index (χ4v) is 17.5. The second-order valence-corrected chi connectivity index (χ2v) is 41.4. The van der Waals surface area contributed by atoms with E-state index in [9.17, 15) is 81.8 Å². The van der Waals surface area contributed by atoms with Crippen LogP contribution in [0.4, 0.5) is 0 Å². The van der Waals surface area contributed by atoms with Gasteiger partial charge in [-0.25, -0.2) is 4.79 Å². The van der Waals surface area contributed by atoms with Crippen molar-refractivity contribution in [1.82, 2.24) is 89.6 Å².